The normalized spacial score (nSPS) is 15.3. The second kappa shape index (κ2) is 10.6. The first-order chi connectivity index (χ1) is 16.0. The molecule has 1 aliphatic heterocycles. The number of hydrogen-bond donors (Lipinski definition) is 1. The highest BCUT2D eigenvalue weighted by Crippen LogP contribution is 2.21. The molecule has 1 amide bonds. The Morgan fingerprint density at radius 1 is 1.09 bits per heavy atom. The van der Waals surface area contributed by atoms with E-state index in [4.69, 9.17) is 4.74 Å². The number of rotatable bonds is 8. The van der Waals surface area contributed by atoms with Crippen LogP contribution in [0.25, 0.3) is 11.0 Å². The van der Waals surface area contributed by atoms with Gasteiger partial charge in [0.25, 0.3) is 5.56 Å². The Bertz CT molecular complexity index is 1140. The molecule has 1 aliphatic rings. The van der Waals surface area contributed by atoms with Gasteiger partial charge in [0.1, 0.15) is 0 Å². The van der Waals surface area contributed by atoms with Crippen LogP contribution in [0.5, 0.6) is 0 Å². The molecule has 1 aromatic heterocycles. The van der Waals surface area contributed by atoms with E-state index in [1.165, 1.54) is 5.56 Å². The van der Waals surface area contributed by atoms with E-state index < -0.39 is 0 Å². The first-order valence-corrected chi connectivity index (χ1v) is 11.3. The highest BCUT2D eigenvalue weighted by atomic mass is 16.5. The van der Waals surface area contributed by atoms with Crippen molar-refractivity contribution in [3.8, 4) is 0 Å². The Morgan fingerprint density at radius 2 is 1.79 bits per heavy atom. The molecule has 2 aromatic carbocycles. The van der Waals surface area contributed by atoms with E-state index in [1.807, 2.05) is 42.5 Å². The van der Waals surface area contributed by atoms with Crippen molar-refractivity contribution in [1.82, 2.24) is 19.8 Å². The molecule has 0 spiro atoms. The Kier molecular flexibility index (Phi) is 7.36. The zero-order chi connectivity index (χ0) is 23.2. The maximum Gasteiger partial charge on any atom is 0.293 e. The number of ether oxygens (including phenoxy) is 1. The van der Waals surface area contributed by atoms with Crippen molar-refractivity contribution in [1.29, 1.82) is 0 Å². The molecule has 33 heavy (non-hydrogen) atoms. The van der Waals surface area contributed by atoms with Crippen LogP contribution in [0, 0.1) is 0 Å². The van der Waals surface area contributed by atoms with Gasteiger partial charge in [-0.2, -0.15) is 0 Å². The number of hydrogen-bond acceptors (Lipinski definition) is 6. The summed E-state index contributed by atoms with van der Waals surface area (Å²) in [7, 11) is 3.59. The number of benzene rings is 2. The van der Waals surface area contributed by atoms with Gasteiger partial charge in [-0.05, 0) is 17.7 Å². The molecule has 8 nitrogen and oxygen atoms in total. The summed E-state index contributed by atoms with van der Waals surface area (Å²) in [5.41, 5.74) is 2.45. The number of nitrogens with zero attached hydrogens (tertiary/aromatic N) is 4. The van der Waals surface area contributed by atoms with Crippen LogP contribution < -0.4 is 15.8 Å². The maximum absolute atomic E-state index is 13.0. The highest BCUT2D eigenvalue weighted by molar-refractivity contribution is 5.78. The number of anilines is 1. The summed E-state index contributed by atoms with van der Waals surface area (Å²) in [6.07, 6.45) is 0.214. The summed E-state index contributed by atoms with van der Waals surface area (Å²) < 4.78 is 7.15. The van der Waals surface area contributed by atoms with Gasteiger partial charge < -0.3 is 19.5 Å². The van der Waals surface area contributed by atoms with Gasteiger partial charge in [-0.25, -0.2) is 4.98 Å². The van der Waals surface area contributed by atoms with Crippen LogP contribution in [0.2, 0.25) is 0 Å². The number of carbonyl (C=O) groups excluding carboxylic acids is 1. The molecule has 0 radical (unpaired) electrons. The van der Waals surface area contributed by atoms with Gasteiger partial charge in [0.2, 0.25) is 5.91 Å². The lowest BCUT2D eigenvalue weighted by molar-refractivity contribution is -0.121. The van der Waals surface area contributed by atoms with Gasteiger partial charge in [-0.1, -0.05) is 42.5 Å². The van der Waals surface area contributed by atoms with Crippen LogP contribution in [-0.2, 0) is 16.1 Å². The molecule has 4 rings (SSSR count). The zero-order valence-electron chi connectivity index (χ0n) is 19.2. The number of amides is 1. The van der Waals surface area contributed by atoms with Crippen molar-refractivity contribution < 1.29 is 9.53 Å². The molecule has 1 atom stereocenters. The smallest absolute Gasteiger partial charge is 0.293 e. The molecule has 8 heteroatoms. The monoisotopic (exact) mass is 449 g/mol. The number of fused-ring (bicyclic) bond motifs is 1. The number of morpholine rings is 1. The molecular weight excluding hydrogens is 418 g/mol. The predicted octanol–water partition coefficient (Wildman–Crippen LogP) is 2.04. The van der Waals surface area contributed by atoms with Crippen molar-refractivity contribution in [2.24, 2.45) is 0 Å². The number of nitrogens with one attached hydrogen (secondary N) is 1. The molecule has 1 saturated heterocycles. The quantitative estimate of drug-likeness (QED) is 0.567. The summed E-state index contributed by atoms with van der Waals surface area (Å²) in [6.45, 7) is 3.87. The van der Waals surface area contributed by atoms with Crippen LogP contribution in [0.15, 0.2) is 59.4 Å². The standard InChI is InChI=1S/C25H31N5O3/c1-28(2)24-25(32)30(21-11-7-6-10-20(21)27-24)13-12-23(31)26-18-22(19-8-4-3-5-9-19)29-14-16-33-17-15-29/h3-11,22H,12-18H2,1-2H3,(H,26,31). The van der Waals surface area contributed by atoms with Crippen molar-refractivity contribution in [2.75, 3.05) is 51.8 Å². The summed E-state index contributed by atoms with van der Waals surface area (Å²) in [5, 5.41) is 3.09. The zero-order valence-corrected chi connectivity index (χ0v) is 19.2. The Balaban J connectivity index is 1.46. The first kappa shape index (κ1) is 22.9. The van der Waals surface area contributed by atoms with Crippen LogP contribution in [0.4, 0.5) is 5.82 Å². The van der Waals surface area contributed by atoms with Crippen LogP contribution in [0.1, 0.15) is 18.0 Å². The fraction of sp³-hybridized carbons (Fsp3) is 0.400. The minimum Gasteiger partial charge on any atom is -0.379 e. The number of aryl methyl sites for hydroxylation is 1. The van der Waals surface area contributed by atoms with Gasteiger partial charge >= 0.3 is 0 Å². The molecular formula is C25H31N5O3. The molecule has 0 saturated carbocycles. The van der Waals surface area contributed by atoms with Gasteiger partial charge in [0.15, 0.2) is 5.82 Å². The van der Waals surface area contributed by atoms with Gasteiger partial charge in [0, 0.05) is 46.7 Å². The van der Waals surface area contributed by atoms with Gasteiger partial charge in [0.05, 0.1) is 30.3 Å². The average molecular weight is 450 g/mol. The van der Waals surface area contributed by atoms with E-state index in [9.17, 15) is 9.59 Å². The number of aromatic nitrogens is 2. The topological polar surface area (TPSA) is 79.7 Å². The van der Waals surface area contributed by atoms with Gasteiger partial charge in [-0.3, -0.25) is 14.5 Å². The largest absolute Gasteiger partial charge is 0.379 e. The van der Waals surface area contributed by atoms with Crippen molar-refractivity contribution >= 4 is 22.8 Å². The van der Waals surface area contributed by atoms with Crippen LogP contribution >= 0.6 is 0 Å². The maximum atomic E-state index is 13.0. The molecule has 1 fully saturated rings. The summed E-state index contributed by atoms with van der Waals surface area (Å²) in [5.74, 6) is 0.286. The third-order valence-electron chi connectivity index (χ3n) is 5.98. The fourth-order valence-electron chi connectivity index (χ4n) is 4.23. The summed E-state index contributed by atoms with van der Waals surface area (Å²) in [6, 6.07) is 17.8. The second-order valence-electron chi connectivity index (χ2n) is 8.40. The second-order valence-corrected chi connectivity index (χ2v) is 8.40. The number of carbonyl (C=O) groups is 1. The van der Waals surface area contributed by atoms with Crippen molar-refractivity contribution in [2.45, 2.75) is 19.0 Å². The molecule has 174 valence electrons. The molecule has 1 N–H and O–H groups in total. The Labute approximate surface area is 193 Å². The lowest BCUT2D eigenvalue weighted by Gasteiger charge is -2.35. The lowest BCUT2D eigenvalue weighted by Crippen LogP contribution is -2.44. The Morgan fingerprint density at radius 3 is 2.52 bits per heavy atom. The number of para-hydroxylation sites is 2. The summed E-state index contributed by atoms with van der Waals surface area (Å²) in [4.78, 5) is 34.3. The molecule has 3 aromatic rings. The van der Waals surface area contributed by atoms with E-state index in [1.54, 1.807) is 23.6 Å². The molecule has 0 aliphatic carbocycles. The highest BCUT2D eigenvalue weighted by Gasteiger charge is 2.23. The van der Waals surface area contributed by atoms with E-state index in [2.05, 4.69) is 27.3 Å². The van der Waals surface area contributed by atoms with Gasteiger partial charge in [-0.15, -0.1) is 0 Å². The van der Waals surface area contributed by atoms with Crippen LogP contribution in [-0.4, -0.2) is 67.3 Å². The summed E-state index contributed by atoms with van der Waals surface area (Å²) >= 11 is 0. The minimum atomic E-state index is -0.193. The van der Waals surface area contributed by atoms with Crippen LogP contribution in [0.3, 0.4) is 0 Å². The van der Waals surface area contributed by atoms with E-state index in [0.29, 0.717) is 32.1 Å². The van der Waals surface area contributed by atoms with Crippen molar-refractivity contribution in [3.05, 3.63) is 70.5 Å². The Hall–Kier alpha value is -3.23. The first-order valence-electron chi connectivity index (χ1n) is 11.3. The third-order valence-corrected chi connectivity index (χ3v) is 5.98. The molecule has 1 unspecified atom stereocenters. The average Bonchev–Trinajstić information content (AvgIpc) is 2.84. The molecule has 0 bridgehead atoms. The van der Waals surface area contributed by atoms with E-state index in [-0.39, 0.29) is 23.9 Å². The third kappa shape index (κ3) is 5.40. The van der Waals surface area contributed by atoms with E-state index >= 15 is 0 Å². The minimum absolute atomic E-state index is 0.0802. The predicted molar refractivity (Wildman–Crippen MR) is 130 cm³/mol. The van der Waals surface area contributed by atoms with Crippen molar-refractivity contribution in [3.63, 3.8) is 0 Å². The lowest BCUT2D eigenvalue weighted by atomic mass is 10.0. The molecule has 2 heterocycles. The SMILES string of the molecule is CN(C)c1nc2ccccc2n(CCC(=O)NCC(c2ccccc2)N2CCOCC2)c1=O. The van der Waals surface area contributed by atoms with E-state index in [0.717, 1.165) is 24.1 Å². The fourth-order valence-corrected chi connectivity index (χ4v) is 4.23.